The van der Waals surface area contributed by atoms with Crippen molar-refractivity contribution in [3.8, 4) is 11.5 Å². The van der Waals surface area contributed by atoms with E-state index in [2.05, 4.69) is 0 Å². The lowest BCUT2D eigenvalue weighted by molar-refractivity contribution is -0.0906. The second-order valence-electron chi connectivity index (χ2n) is 6.12. The average Bonchev–Trinajstić information content (AvgIpc) is 2.50. The van der Waals surface area contributed by atoms with E-state index in [1.54, 1.807) is 0 Å². The third-order valence-corrected chi connectivity index (χ3v) is 5.05. The molecule has 0 saturated heterocycles. The number of rotatable bonds is 4. The van der Waals surface area contributed by atoms with Crippen molar-refractivity contribution < 1.29 is 9.47 Å². The fourth-order valence-electron chi connectivity index (χ4n) is 3.82. The van der Waals surface area contributed by atoms with Gasteiger partial charge in [-0.2, -0.15) is 0 Å². The molecular weight excluding hydrogens is 250 g/mol. The molecule has 110 valence electrons. The van der Waals surface area contributed by atoms with Gasteiger partial charge in [0.15, 0.2) is 11.5 Å². The molecule has 2 unspecified atom stereocenters. The SMILES string of the molecule is CCOc1ccccc1OC1CC(N)C12CCCCC2. The summed E-state index contributed by atoms with van der Waals surface area (Å²) in [5.74, 6) is 1.72. The predicted molar refractivity (Wildman–Crippen MR) is 80.1 cm³/mol. The zero-order chi connectivity index (χ0) is 14.0. The van der Waals surface area contributed by atoms with Crippen LogP contribution in [-0.2, 0) is 0 Å². The smallest absolute Gasteiger partial charge is 0.161 e. The fourth-order valence-corrected chi connectivity index (χ4v) is 3.82. The summed E-state index contributed by atoms with van der Waals surface area (Å²) in [6, 6.07) is 8.29. The molecule has 1 aromatic rings. The highest BCUT2D eigenvalue weighted by Gasteiger charge is 2.55. The van der Waals surface area contributed by atoms with Gasteiger partial charge in [0.2, 0.25) is 0 Å². The highest BCUT2D eigenvalue weighted by Crippen LogP contribution is 2.52. The van der Waals surface area contributed by atoms with E-state index < -0.39 is 0 Å². The van der Waals surface area contributed by atoms with Crippen LogP contribution in [0.3, 0.4) is 0 Å². The number of hydrogen-bond acceptors (Lipinski definition) is 3. The van der Waals surface area contributed by atoms with Gasteiger partial charge in [0, 0.05) is 17.9 Å². The van der Waals surface area contributed by atoms with Crippen LogP contribution in [0.15, 0.2) is 24.3 Å². The van der Waals surface area contributed by atoms with Crippen LogP contribution in [0.5, 0.6) is 11.5 Å². The van der Waals surface area contributed by atoms with E-state index in [9.17, 15) is 0 Å². The highest BCUT2D eigenvalue weighted by molar-refractivity contribution is 5.40. The molecule has 2 atom stereocenters. The molecule has 0 aliphatic heterocycles. The van der Waals surface area contributed by atoms with E-state index in [1.807, 2.05) is 31.2 Å². The molecule has 3 heteroatoms. The van der Waals surface area contributed by atoms with Gasteiger partial charge in [0.05, 0.1) is 6.61 Å². The fraction of sp³-hybridized carbons (Fsp3) is 0.647. The lowest BCUT2D eigenvalue weighted by Gasteiger charge is -2.56. The first-order valence-electron chi connectivity index (χ1n) is 7.90. The summed E-state index contributed by atoms with van der Waals surface area (Å²) in [6.45, 7) is 2.66. The van der Waals surface area contributed by atoms with Gasteiger partial charge in [0.25, 0.3) is 0 Å². The molecule has 0 bridgehead atoms. The highest BCUT2D eigenvalue weighted by atomic mass is 16.5. The van der Waals surface area contributed by atoms with Gasteiger partial charge in [-0.15, -0.1) is 0 Å². The van der Waals surface area contributed by atoms with Crippen LogP contribution in [0.1, 0.15) is 45.4 Å². The van der Waals surface area contributed by atoms with Crippen molar-refractivity contribution in [3.63, 3.8) is 0 Å². The largest absolute Gasteiger partial charge is 0.490 e. The van der Waals surface area contributed by atoms with Crippen molar-refractivity contribution >= 4 is 0 Å². The molecule has 0 aromatic heterocycles. The van der Waals surface area contributed by atoms with Crippen molar-refractivity contribution in [2.75, 3.05) is 6.61 Å². The summed E-state index contributed by atoms with van der Waals surface area (Å²) in [5.41, 5.74) is 6.54. The summed E-state index contributed by atoms with van der Waals surface area (Å²) in [5, 5.41) is 0. The second-order valence-corrected chi connectivity index (χ2v) is 6.12. The molecular formula is C17H25NO2. The van der Waals surface area contributed by atoms with Gasteiger partial charge in [-0.25, -0.2) is 0 Å². The standard InChI is InChI=1S/C17H25NO2/c1-2-19-13-8-4-5-9-14(13)20-16-12-15(18)17(16)10-6-3-7-11-17/h4-5,8-9,15-16H,2-3,6-7,10-12,18H2,1H3. The van der Waals surface area contributed by atoms with Crippen LogP contribution in [0.25, 0.3) is 0 Å². The second kappa shape index (κ2) is 5.65. The summed E-state index contributed by atoms with van der Waals surface area (Å²) >= 11 is 0. The van der Waals surface area contributed by atoms with Crippen LogP contribution in [0, 0.1) is 5.41 Å². The summed E-state index contributed by atoms with van der Waals surface area (Å²) in [6.07, 6.45) is 7.60. The van der Waals surface area contributed by atoms with E-state index >= 15 is 0 Å². The quantitative estimate of drug-likeness (QED) is 0.914. The Kier molecular flexibility index (Phi) is 3.88. The lowest BCUT2D eigenvalue weighted by atomic mass is 9.55. The molecule has 2 saturated carbocycles. The van der Waals surface area contributed by atoms with Crippen molar-refractivity contribution in [2.45, 2.75) is 57.6 Å². The Hall–Kier alpha value is -1.22. The van der Waals surface area contributed by atoms with Crippen molar-refractivity contribution in [2.24, 2.45) is 11.1 Å². The van der Waals surface area contributed by atoms with Crippen LogP contribution in [-0.4, -0.2) is 18.8 Å². The minimum absolute atomic E-state index is 0.220. The Bertz CT molecular complexity index is 454. The molecule has 2 N–H and O–H groups in total. The minimum atomic E-state index is 0.220. The maximum Gasteiger partial charge on any atom is 0.161 e. The molecule has 3 nitrogen and oxygen atoms in total. The van der Waals surface area contributed by atoms with E-state index in [4.69, 9.17) is 15.2 Å². The van der Waals surface area contributed by atoms with E-state index in [0.717, 1.165) is 17.9 Å². The Morgan fingerprint density at radius 1 is 1.15 bits per heavy atom. The molecule has 1 spiro atoms. The topological polar surface area (TPSA) is 44.5 Å². The molecule has 2 aliphatic rings. The van der Waals surface area contributed by atoms with Crippen molar-refractivity contribution in [1.82, 2.24) is 0 Å². The lowest BCUT2D eigenvalue weighted by Crippen LogP contribution is -2.64. The van der Waals surface area contributed by atoms with Crippen molar-refractivity contribution in [1.29, 1.82) is 0 Å². The molecule has 0 amide bonds. The van der Waals surface area contributed by atoms with E-state index in [1.165, 1.54) is 32.1 Å². The number of ether oxygens (including phenoxy) is 2. The maximum atomic E-state index is 6.32. The molecule has 1 aromatic carbocycles. The summed E-state index contributed by atoms with van der Waals surface area (Å²) in [4.78, 5) is 0. The van der Waals surface area contributed by atoms with Crippen LogP contribution in [0.2, 0.25) is 0 Å². The van der Waals surface area contributed by atoms with Gasteiger partial charge < -0.3 is 15.2 Å². The Morgan fingerprint density at radius 3 is 2.50 bits per heavy atom. The molecule has 2 fully saturated rings. The Labute approximate surface area is 121 Å². The first kappa shape index (κ1) is 13.7. The maximum absolute atomic E-state index is 6.32. The Balaban J connectivity index is 1.75. The number of benzene rings is 1. The Morgan fingerprint density at radius 2 is 1.85 bits per heavy atom. The third-order valence-electron chi connectivity index (χ3n) is 5.05. The summed E-state index contributed by atoms with van der Waals surface area (Å²) < 4.78 is 11.9. The predicted octanol–water partition coefficient (Wildman–Crippen LogP) is 3.51. The van der Waals surface area contributed by atoms with Crippen LogP contribution in [0.4, 0.5) is 0 Å². The number of nitrogens with two attached hydrogens (primary N) is 1. The zero-order valence-corrected chi connectivity index (χ0v) is 12.3. The van der Waals surface area contributed by atoms with Gasteiger partial charge in [-0.1, -0.05) is 31.4 Å². The normalized spacial score (nSPS) is 27.9. The minimum Gasteiger partial charge on any atom is -0.490 e. The van der Waals surface area contributed by atoms with Crippen molar-refractivity contribution in [3.05, 3.63) is 24.3 Å². The monoisotopic (exact) mass is 275 g/mol. The number of para-hydroxylation sites is 2. The van der Waals surface area contributed by atoms with Gasteiger partial charge in [0.1, 0.15) is 6.10 Å². The molecule has 20 heavy (non-hydrogen) atoms. The molecule has 0 radical (unpaired) electrons. The summed E-state index contributed by atoms with van der Waals surface area (Å²) in [7, 11) is 0. The third kappa shape index (κ3) is 2.28. The van der Waals surface area contributed by atoms with Gasteiger partial charge in [-0.05, 0) is 31.9 Å². The number of hydrogen-bond donors (Lipinski definition) is 1. The van der Waals surface area contributed by atoms with Gasteiger partial charge in [-0.3, -0.25) is 0 Å². The molecule has 3 rings (SSSR count). The first-order chi connectivity index (χ1) is 9.76. The first-order valence-corrected chi connectivity index (χ1v) is 7.90. The van der Waals surface area contributed by atoms with E-state index in [0.29, 0.717) is 12.6 Å². The van der Waals surface area contributed by atoms with Crippen LogP contribution >= 0.6 is 0 Å². The van der Waals surface area contributed by atoms with Crippen LogP contribution < -0.4 is 15.2 Å². The molecule has 0 heterocycles. The van der Waals surface area contributed by atoms with E-state index in [-0.39, 0.29) is 11.5 Å². The average molecular weight is 275 g/mol. The zero-order valence-electron chi connectivity index (χ0n) is 12.3. The van der Waals surface area contributed by atoms with Gasteiger partial charge >= 0.3 is 0 Å². The molecule has 2 aliphatic carbocycles.